The lowest BCUT2D eigenvalue weighted by molar-refractivity contribution is -0.147. The molecule has 1 aliphatic heterocycles. The Morgan fingerprint density at radius 2 is 1.89 bits per heavy atom. The van der Waals surface area contributed by atoms with Crippen LogP contribution >= 0.6 is 0 Å². The maximum atomic E-state index is 12.3. The Morgan fingerprint density at radius 1 is 1.33 bits per heavy atom. The van der Waals surface area contributed by atoms with Crippen molar-refractivity contribution in [3.63, 3.8) is 0 Å². The summed E-state index contributed by atoms with van der Waals surface area (Å²) in [7, 11) is 3.56. The number of amides is 2. The molecule has 0 saturated carbocycles. The zero-order valence-corrected chi connectivity index (χ0v) is 11.8. The van der Waals surface area contributed by atoms with Crippen molar-refractivity contribution < 1.29 is 14.7 Å². The number of carbonyl (C=O) groups excluding carboxylic acids is 1. The molecule has 0 aromatic heterocycles. The molecule has 1 unspecified atom stereocenters. The van der Waals surface area contributed by atoms with E-state index in [1.165, 1.54) is 18.7 Å². The molecule has 0 spiro atoms. The number of carboxylic acids is 1. The number of piperazine rings is 1. The molecule has 104 valence electrons. The third-order valence-electron chi connectivity index (χ3n) is 3.73. The molecule has 0 aliphatic carbocycles. The molecule has 0 bridgehead atoms. The number of carboxylic acid groups (broad SMARTS) is 1. The Hall–Kier alpha value is -1.30. The Labute approximate surface area is 108 Å². The molecule has 6 heteroatoms. The minimum absolute atomic E-state index is 0.100. The predicted octanol–water partition coefficient (Wildman–Crippen LogP) is 0.537. The minimum Gasteiger partial charge on any atom is -0.480 e. The molecule has 1 N–H and O–H groups in total. The third-order valence-corrected chi connectivity index (χ3v) is 3.73. The van der Waals surface area contributed by atoms with Gasteiger partial charge < -0.3 is 19.8 Å². The Balaban J connectivity index is 2.78. The number of carbonyl (C=O) groups is 2. The SMILES string of the molecule is CC1CN(C)CCN1C(=O)N(C)C(C)(C)C(=O)O. The van der Waals surface area contributed by atoms with Crippen LogP contribution in [0.25, 0.3) is 0 Å². The van der Waals surface area contributed by atoms with Gasteiger partial charge in [0, 0.05) is 32.7 Å². The standard InChI is InChI=1S/C12H23N3O3/c1-9-8-13(4)6-7-15(9)11(18)14(5)12(2,3)10(16)17/h9H,6-8H2,1-5H3,(H,16,17). The van der Waals surface area contributed by atoms with E-state index in [1.807, 2.05) is 14.0 Å². The van der Waals surface area contributed by atoms with E-state index < -0.39 is 11.5 Å². The van der Waals surface area contributed by atoms with Crippen LogP contribution in [0.5, 0.6) is 0 Å². The fraction of sp³-hybridized carbons (Fsp3) is 0.833. The first-order chi connectivity index (χ1) is 8.17. The molecule has 1 fully saturated rings. The van der Waals surface area contributed by atoms with Gasteiger partial charge in [0.1, 0.15) is 5.54 Å². The van der Waals surface area contributed by atoms with E-state index in [-0.39, 0.29) is 12.1 Å². The van der Waals surface area contributed by atoms with E-state index >= 15 is 0 Å². The van der Waals surface area contributed by atoms with Crippen molar-refractivity contribution in [2.24, 2.45) is 0 Å². The maximum absolute atomic E-state index is 12.3. The molecule has 18 heavy (non-hydrogen) atoms. The first-order valence-electron chi connectivity index (χ1n) is 6.14. The summed E-state index contributed by atoms with van der Waals surface area (Å²) in [6.07, 6.45) is 0. The Bertz CT molecular complexity index is 343. The van der Waals surface area contributed by atoms with Gasteiger partial charge >= 0.3 is 12.0 Å². The summed E-state index contributed by atoms with van der Waals surface area (Å²) >= 11 is 0. The van der Waals surface area contributed by atoms with Crippen molar-refractivity contribution in [1.82, 2.24) is 14.7 Å². The van der Waals surface area contributed by atoms with Gasteiger partial charge in [-0.05, 0) is 27.8 Å². The van der Waals surface area contributed by atoms with Crippen LogP contribution in [0.2, 0.25) is 0 Å². The highest BCUT2D eigenvalue weighted by Gasteiger charge is 2.38. The van der Waals surface area contributed by atoms with Gasteiger partial charge in [-0.1, -0.05) is 0 Å². The molecule has 2 amide bonds. The van der Waals surface area contributed by atoms with E-state index in [0.717, 1.165) is 13.1 Å². The summed E-state index contributed by atoms with van der Waals surface area (Å²) in [4.78, 5) is 28.7. The predicted molar refractivity (Wildman–Crippen MR) is 68.5 cm³/mol. The number of nitrogens with zero attached hydrogens (tertiary/aromatic N) is 3. The lowest BCUT2D eigenvalue weighted by Crippen LogP contribution is -2.60. The van der Waals surface area contributed by atoms with Gasteiger partial charge in [0.2, 0.25) is 0 Å². The van der Waals surface area contributed by atoms with Crippen molar-refractivity contribution in [2.45, 2.75) is 32.4 Å². The van der Waals surface area contributed by atoms with Gasteiger partial charge in [0.15, 0.2) is 0 Å². The van der Waals surface area contributed by atoms with Crippen LogP contribution in [-0.2, 0) is 4.79 Å². The Kier molecular flexibility index (Phi) is 4.21. The maximum Gasteiger partial charge on any atom is 0.329 e. The van der Waals surface area contributed by atoms with E-state index in [0.29, 0.717) is 6.54 Å². The van der Waals surface area contributed by atoms with Crippen LogP contribution in [0, 0.1) is 0 Å². The van der Waals surface area contributed by atoms with E-state index in [9.17, 15) is 9.59 Å². The fourth-order valence-corrected chi connectivity index (χ4v) is 2.00. The molecule has 0 aromatic carbocycles. The number of likely N-dealkylation sites (N-methyl/N-ethyl adjacent to an activating group) is 2. The molecule has 1 heterocycles. The van der Waals surface area contributed by atoms with Crippen LogP contribution in [0.3, 0.4) is 0 Å². The molecular formula is C12H23N3O3. The fourth-order valence-electron chi connectivity index (χ4n) is 2.00. The normalized spacial score (nSPS) is 21.8. The van der Waals surface area contributed by atoms with Gasteiger partial charge in [0.25, 0.3) is 0 Å². The number of hydrogen-bond acceptors (Lipinski definition) is 3. The zero-order chi connectivity index (χ0) is 14.1. The third kappa shape index (κ3) is 2.75. The topological polar surface area (TPSA) is 64.1 Å². The summed E-state index contributed by atoms with van der Waals surface area (Å²) in [5, 5.41) is 9.15. The number of urea groups is 1. The monoisotopic (exact) mass is 257 g/mol. The smallest absolute Gasteiger partial charge is 0.329 e. The second-order valence-corrected chi connectivity index (χ2v) is 5.51. The molecular weight excluding hydrogens is 234 g/mol. The first kappa shape index (κ1) is 14.8. The van der Waals surface area contributed by atoms with E-state index in [2.05, 4.69) is 4.90 Å². The zero-order valence-electron chi connectivity index (χ0n) is 11.8. The molecule has 6 nitrogen and oxygen atoms in total. The van der Waals surface area contributed by atoms with Crippen LogP contribution < -0.4 is 0 Å². The lowest BCUT2D eigenvalue weighted by atomic mass is 10.0. The molecule has 1 saturated heterocycles. The highest BCUT2D eigenvalue weighted by molar-refractivity contribution is 5.85. The second kappa shape index (κ2) is 5.14. The van der Waals surface area contributed by atoms with Gasteiger partial charge in [-0.15, -0.1) is 0 Å². The van der Waals surface area contributed by atoms with Gasteiger partial charge in [0.05, 0.1) is 0 Å². The quantitative estimate of drug-likeness (QED) is 0.784. The molecule has 1 atom stereocenters. The molecule has 0 radical (unpaired) electrons. The van der Waals surface area contributed by atoms with Gasteiger partial charge in [-0.3, -0.25) is 0 Å². The highest BCUT2D eigenvalue weighted by Crippen LogP contribution is 2.18. The minimum atomic E-state index is -1.19. The largest absolute Gasteiger partial charge is 0.480 e. The number of hydrogen-bond donors (Lipinski definition) is 1. The van der Waals surface area contributed by atoms with Crippen LogP contribution in [-0.4, -0.2) is 77.1 Å². The Morgan fingerprint density at radius 3 is 2.33 bits per heavy atom. The van der Waals surface area contributed by atoms with Crippen molar-refractivity contribution >= 4 is 12.0 Å². The van der Waals surface area contributed by atoms with Crippen molar-refractivity contribution in [3.8, 4) is 0 Å². The summed E-state index contributed by atoms with van der Waals surface area (Å²) in [6, 6.07) is -0.119. The van der Waals surface area contributed by atoms with Gasteiger partial charge in [-0.25, -0.2) is 9.59 Å². The van der Waals surface area contributed by atoms with E-state index in [1.54, 1.807) is 11.9 Å². The molecule has 0 aromatic rings. The van der Waals surface area contributed by atoms with E-state index in [4.69, 9.17) is 5.11 Å². The first-order valence-corrected chi connectivity index (χ1v) is 6.14. The van der Waals surface area contributed by atoms with Gasteiger partial charge in [-0.2, -0.15) is 0 Å². The summed E-state index contributed by atoms with van der Waals surface area (Å²) in [5.41, 5.74) is -1.19. The summed E-state index contributed by atoms with van der Waals surface area (Å²) < 4.78 is 0. The van der Waals surface area contributed by atoms with Crippen LogP contribution in [0.15, 0.2) is 0 Å². The average Bonchev–Trinajstić information content (AvgIpc) is 2.26. The second-order valence-electron chi connectivity index (χ2n) is 5.51. The lowest BCUT2D eigenvalue weighted by Gasteiger charge is -2.42. The van der Waals surface area contributed by atoms with Crippen LogP contribution in [0.1, 0.15) is 20.8 Å². The summed E-state index contributed by atoms with van der Waals surface area (Å²) in [5.74, 6) is -1.000. The molecule has 1 aliphatic rings. The van der Waals surface area contributed by atoms with Crippen molar-refractivity contribution in [2.75, 3.05) is 33.7 Å². The average molecular weight is 257 g/mol. The van der Waals surface area contributed by atoms with Crippen molar-refractivity contribution in [3.05, 3.63) is 0 Å². The molecule has 1 rings (SSSR count). The van der Waals surface area contributed by atoms with Crippen molar-refractivity contribution in [1.29, 1.82) is 0 Å². The highest BCUT2D eigenvalue weighted by atomic mass is 16.4. The number of rotatable bonds is 2. The number of aliphatic carboxylic acids is 1. The van der Waals surface area contributed by atoms with Crippen LogP contribution in [0.4, 0.5) is 4.79 Å². The summed E-state index contributed by atoms with van der Waals surface area (Å²) in [6.45, 7) is 7.32.